The summed E-state index contributed by atoms with van der Waals surface area (Å²) in [4.78, 5) is 9.90. The van der Waals surface area contributed by atoms with Gasteiger partial charge in [-0.3, -0.25) is 14.8 Å². The van der Waals surface area contributed by atoms with Crippen molar-refractivity contribution in [3.05, 3.63) is 58.1 Å². The average molecular weight is 307 g/mol. The average Bonchev–Trinajstić information content (AvgIpc) is 2.37. The molecule has 2 aromatic carbocycles. The molecule has 3 N–H and O–H groups in total. The van der Waals surface area contributed by atoms with Crippen molar-refractivity contribution in [2.75, 3.05) is 10.5 Å². The molecule has 0 atom stereocenters. The van der Waals surface area contributed by atoms with Gasteiger partial charge in [0, 0.05) is 17.8 Å². The molecule has 0 aromatic heterocycles. The number of aryl methyl sites for hydroxylation is 1. The fraction of sp³-hybridized carbons (Fsp3) is 0.0769. The van der Waals surface area contributed by atoms with Gasteiger partial charge in [-0.2, -0.15) is 0 Å². The van der Waals surface area contributed by atoms with Gasteiger partial charge in [0.25, 0.3) is 15.7 Å². The Morgan fingerprint density at radius 2 is 1.76 bits per heavy atom. The first kappa shape index (κ1) is 14.8. The molecule has 0 aliphatic carbocycles. The molecule has 0 aliphatic rings. The molecule has 0 spiro atoms. The van der Waals surface area contributed by atoms with Crippen LogP contribution in [0.5, 0.6) is 0 Å². The van der Waals surface area contributed by atoms with Crippen molar-refractivity contribution in [1.29, 1.82) is 0 Å². The zero-order chi connectivity index (χ0) is 15.6. The molecule has 0 saturated carbocycles. The lowest BCUT2D eigenvalue weighted by Crippen LogP contribution is -2.13. The number of hydrogen-bond donors (Lipinski definition) is 2. The molecule has 0 heterocycles. The van der Waals surface area contributed by atoms with Gasteiger partial charge in [-0.1, -0.05) is 0 Å². The number of hydrogen-bond acceptors (Lipinski definition) is 5. The molecule has 7 nitrogen and oxygen atoms in total. The highest BCUT2D eigenvalue weighted by Crippen LogP contribution is 2.21. The molecule has 0 unspecified atom stereocenters. The van der Waals surface area contributed by atoms with Gasteiger partial charge < -0.3 is 5.73 Å². The Morgan fingerprint density at radius 1 is 1.14 bits per heavy atom. The van der Waals surface area contributed by atoms with Crippen molar-refractivity contribution in [3.63, 3.8) is 0 Å². The van der Waals surface area contributed by atoms with Crippen LogP contribution >= 0.6 is 0 Å². The minimum absolute atomic E-state index is 0.0619. The predicted octanol–water partition coefficient (Wildman–Crippen LogP) is 2.29. The van der Waals surface area contributed by atoms with Crippen LogP contribution in [0.2, 0.25) is 0 Å². The Labute approximate surface area is 121 Å². The molecule has 0 aliphatic heterocycles. The summed E-state index contributed by atoms with van der Waals surface area (Å²) in [7, 11) is -3.82. The molecule has 2 aromatic rings. The van der Waals surface area contributed by atoms with Crippen molar-refractivity contribution in [2.45, 2.75) is 11.8 Å². The van der Waals surface area contributed by atoms with Crippen LogP contribution in [0.15, 0.2) is 47.4 Å². The van der Waals surface area contributed by atoms with Crippen LogP contribution in [0.25, 0.3) is 0 Å². The molecule has 0 bridgehead atoms. The summed E-state index contributed by atoms with van der Waals surface area (Å²) < 4.78 is 26.8. The number of nitro benzene ring substituents is 1. The Morgan fingerprint density at radius 3 is 2.29 bits per heavy atom. The summed E-state index contributed by atoms with van der Waals surface area (Å²) in [5, 5.41) is 10.6. The molecule has 8 heteroatoms. The lowest BCUT2D eigenvalue weighted by Gasteiger charge is -2.09. The maximum absolute atomic E-state index is 12.2. The quantitative estimate of drug-likeness (QED) is 0.511. The smallest absolute Gasteiger partial charge is 0.269 e. The number of rotatable bonds is 4. The zero-order valence-electron chi connectivity index (χ0n) is 11.1. The largest absolute Gasteiger partial charge is 0.399 e. The molecular weight excluding hydrogens is 294 g/mol. The van der Waals surface area contributed by atoms with Gasteiger partial charge in [0.15, 0.2) is 0 Å². The van der Waals surface area contributed by atoms with E-state index in [9.17, 15) is 18.5 Å². The maximum Gasteiger partial charge on any atom is 0.269 e. The fourth-order valence-electron chi connectivity index (χ4n) is 1.83. The Bertz CT molecular complexity index is 765. The number of nitrogens with two attached hydrogens (primary N) is 1. The summed E-state index contributed by atoms with van der Waals surface area (Å²) in [5.74, 6) is 0. The van der Waals surface area contributed by atoms with E-state index in [0.29, 0.717) is 11.4 Å². The lowest BCUT2D eigenvalue weighted by atomic mass is 10.2. The van der Waals surface area contributed by atoms with Gasteiger partial charge >= 0.3 is 0 Å². The van der Waals surface area contributed by atoms with Crippen LogP contribution < -0.4 is 10.5 Å². The Kier molecular flexibility index (Phi) is 3.81. The highest BCUT2D eigenvalue weighted by atomic mass is 32.2. The molecule has 0 saturated heterocycles. The molecule has 21 heavy (non-hydrogen) atoms. The van der Waals surface area contributed by atoms with Gasteiger partial charge in [-0.25, -0.2) is 8.42 Å². The van der Waals surface area contributed by atoms with E-state index < -0.39 is 14.9 Å². The van der Waals surface area contributed by atoms with E-state index in [4.69, 9.17) is 5.73 Å². The number of benzene rings is 2. The van der Waals surface area contributed by atoms with Crippen LogP contribution in [0.1, 0.15) is 5.56 Å². The van der Waals surface area contributed by atoms with Crippen molar-refractivity contribution >= 4 is 27.1 Å². The van der Waals surface area contributed by atoms with E-state index >= 15 is 0 Å². The van der Waals surface area contributed by atoms with Gasteiger partial charge in [-0.15, -0.1) is 0 Å². The second-order valence-electron chi connectivity index (χ2n) is 4.49. The summed E-state index contributed by atoms with van der Waals surface area (Å²) in [5.41, 5.74) is 7.08. The molecule has 110 valence electrons. The minimum Gasteiger partial charge on any atom is -0.399 e. The third-order valence-electron chi connectivity index (χ3n) is 2.71. The minimum atomic E-state index is -3.82. The van der Waals surface area contributed by atoms with Gasteiger partial charge in [0.2, 0.25) is 0 Å². The number of nitrogens with one attached hydrogen (secondary N) is 1. The van der Waals surface area contributed by atoms with Gasteiger partial charge in [-0.05, 0) is 42.8 Å². The van der Waals surface area contributed by atoms with E-state index in [1.807, 2.05) is 0 Å². The summed E-state index contributed by atoms with van der Waals surface area (Å²) in [6.07, 6.45) is 0. The number of nitrogen functional groups attached to an aromatic ring is 1. The number of nitrogens with zero attached hydrogens (tertiary/aromatic N) is 1. The fourth-order valence-corrected chi connectivity index (χ4v) is 2.87. The molecule has 0 amide bonds. The number of nitro groups is 1. The normalized spacial score (nSPS) is 11.1. The van der Waals surface area contributed by atoms with Crippen LogP contribution in [0.4, 0.5) is 17.1 Å². The summed E-state index contributed by atoms with van der Waals surface area (Å²) in [6, 6.07) is 9.48. The van der Waals surface area contributed by atoms with Crippen LogP contribution in [-0.2, 0) is 10.0 Å². The van der Waals surface area contributed by atoms with Crippen molar-refractivity contribution in [1.82, 2.24) is 0 Å². The second-order valence-corrected chi connectivity index (χ2v) is 6.17. The van der Waals surface area contributed by atoms with E-state index in [1.54, 1.807) is 19.1 Å². The van der Waals surface area contributed by atoms with Gasteiger partial charge in [0.1, 0.15) is 0 Å². The maximum atomic E-state index is 12.2. The molecule has 0 fully saturated rings. The zero-order valence-corrected chi connectivity index (χ0v) is 11.9. The van der Waals surface area contributed by atoms with Crippen molar-refractivity contribution in [3.8, 4) is 0 Å². The first-order valence-electron chi connectivity index (χ1n) is 5.92. The molecule has 0 radical (unpaired) electrons. The Hall–Kier alpha value is -2.61. The lowest BCUT2D eigenvalue weighted by molar-refractivity contribution is -0.384. The highest BCUT2D eigenvalue weighted by Gasteiger charge is 2.16. The van der Waals surface area contributed by atoms with Crippen molar-refractivity contribution in [2.24, 2.45) is 0 Å². The van der Waals surface area contributed by atoms with E-state index in [-0.39, 0.29) is 10.6 Å². The van der Waals surface area contributed by atoms with Crippen LogP contribution in [0, 0.1) is 17.0 Å². The standard InChI is InChI=1S/C13H13N3O4S/c1-9-6-10(14)8-11(7-9)15-21(19,20)13-4-2-12(3-5-13)16(17)18/h2-8,15H,14H2,1H3. The van der Waals surface area contributed by atoms with E-state index in [0.717, 1.165) is 17.7 Å². The second kappa shape index (κ2) is 5.41. The number of anilines is 2. The number of non-ortho nitro benzene ring substituents is 1. The number of sulfonamides is 1. The van der Waals surface area contributed by atoms with E-state index in [2.05, 4.69) is 4.72 Å². The Balaban J connectivity index is 2.31. The third-order valence-corrected chi connectivity index (χ3v) is 4.11. The van der Waals surface area contributed by atoms with E-state index in [1.165, 1.54) is 18.2 Å². The molecule has 2 rings (SSSR count). The first-order valence-corrected chi connectivity index (χ1v) is 7.41. The van der Waals surface area contributed by atoms with Gasteiger partial charge in [0.05, 0.1) is 15.5 Å². The molecular formula is C13H13N3O4S. The summed E-state index contributed by atoms with van der Waals surface area (Å²) in [6.45, 7) is 1.79. The van der Waals surface area contributed by atoms with Crippen LogP contribution in [-0.4, -0.2) is 13.3 Å². The summed E-state index contributed by atoms with van der Waals surface area (Å²) >= 11 is 0. The van der Waals surface area contributed by atoms with Crippen LogP contribution in [0.3, 0.4) is 0 Å². The first-order chi connectivity index (χ1) is 9.78. The monoisotopic (exact) mass is 307 g/mol. The third kappa shape index (κ3) is 3.48. The SMILES string of the molecule is Cc1cc(N)cc(NS(=O)(=O)c2ccc([N+](=O)[O-])cc2)c1. The van der Waals surface area contributed by atoms with Crippen molar-refractivity contribution < 1.29 is 13.3 Å². The highest BCUT2D eigenvalue weighted by molar-refractivity contribution is 7.92. The topological polar surface area (TPSA) is 115 Å². The predicted molar refractivity (Wildman–Crippen MR) is 79.5 cm³/mol.